The van der Waals surface area contributed by atoms with Crippen molar-refractivity contribution in [1.29, 1.82) is 0 Å². The van der Waals surface area contributed by atoms with Gasteiger partial charge in [0.1, 0.15) is 29.4 Å². The lowest BCUT2D eigenvalue weighted by Gasteiger charge is -2.32. The van der Waals surface area contributed by atoms with E-state index in [1.807, 2.05) is 13.8 Å². The van der Waals surface area contributed by atoms with Crippen LogP contribution in [0.25, 0.3) is 0 Å². The van der Waals surface area contributed by atoms with Gasteiger partial charge in [0, 0.05) is 36.2 Å². The number of carbonyl (C=O) groups is 4. The number of nitrogens with zero attached hydrogens (tertiary/aromatic N) is 2. The predicted molar refractivity (Wildman–Crippen MR) is 170 cm³/mol. The molecule has 4 amide bonds. The van der Waals surface area contributed by atoms with E-state index < -0.39 is 47.2 Å². The molecule has 0 saturated carbocycles. The summed E-state index contributed by atoms with van der Waals surface area (Å²) in [6.45, 7) is 10.4. The van der Waals surface area contributed by atoms with E-state index >= 15 is 0 Å². The molecule has 2 rings (SSSR count). The number of pyridine rings is 1. The quantitative estimate of drug-likeness (QED) is 0.319. The number of benzene rings is 1. The van der Waals surface area contributed by atoms with Crippen molar-refractivity contribution in [3.63, 3.8) is 0 Å². The van der Waals surface area contributed by atoms with Crippen LogP contribution in [-0.4, -0.2) is 65.1 Å². The van der Waals surface area contributed by atoms with Crippen LogP contribution in [-0.2, 0) is 25.5 Å². The van der Waals surface area contributed by atoms with E-state index in [1.165, 1.54) is 44.2 Å². The van der Waals surface area contributed by atoms with E-state index in [0.29, 0.717) is 5.02 Å². The van der Waals surface area contributed by atoms with Crippen LogP contribution >= 0.6 is 27.5 Å². The molecule has 11 nitrogen and oxygen atoms in total. The second-order valence-corrected chi connectivity index (χ2v) is 12.9. The molecule has 1 aromatic heterocycles. The topological polar surface area (TPSA) is 139 Å². The maximum absolute atomic E-state index is 13.8. The lowest BCUT2D eigenvalue weighted by Crippen LogP contribution is -2.55. The molecule has 0 radical (unpaired) electrons. The molecule has 0 aliphatic heterocycles. The number of anilines is 1. The zero-order valence-corrected chi connectivity index (χ0v) is 28.1. The highest BCUT2D eigenvalue weighted by Gasteiger charge is 2.34. The second kappa shape index (κ2) is 15.4. The molecule has 1 unspecified atom stereocenters. The zero-order chi connectivity index (χ0) is 32.6. The predicted octanol–water partition coefficient (Wildman–Crippen LogP) is 4.52. The van der Waals surface area contributed by atoms with Gasteiger partial charge in [0.2, 0.25) is 17.7 Å². The van der Waals surface area contributed by atoms with Crippen LogP contribution in [0, 0.1) is 5.92 Å². The highest BCUT2D eigenvalue weighted by Crippen LogP contribution is 2.24. The molecular formula is C30H41BrClN5O6. The summed E-state index contributed by atoms with van der Waals surface area (Å²) >= 11 is 9.65. The number of amides is 4. The Balaban J connectivity index is 2.30. The van der Waals surface area contributed by atoms with Crippen molar-refractivity contribution in [3.8, 4) is 0 Å². The van der Waals surface area contributed by atoms with Crippen LogP contribution in [0.3, 0.4) is 0 Å². The summed E-state index contributed by atoms with van der Waals surface area (Å²) in [5.74, 6) is -1.42. The smallest absolute Gasteiger partial charge is 0.412 e. The van der Waals surface area contributed by atoms with Crippen molar-refractivity contribution >= 4 is 57.0 Å². The Kier molecular flexibility index (Phi) is 12.8. The molecule has 236 valence electrons. The van der Waals surface area contributed by atoms with E-state index in [4.69, 9.17) is 16.3 Å². The SMILES string of the molecule is CNC(=O)[C@H](Cc1cc(Cl)ccc1Br)N(C)C(=O)[C@H](CC(C)C)NC(=O)C(C)n1cccc(NC(=O)OC(C)(C)C)c1=O. The first-order valence-corrected chi connectivity index (χ1v) is 15.1. The highest BCUT2D eigenvalue weighted by molar-refractivity contribution is 9.10. The monoisotopic (exact) mass is 681 g/mol. The molecule has 2 aromatic rings. The van der Waals surface area contributed by atoms with Gasteiger partial charge >= 0.3 is 6.09 Å². The molecule has 1 heterocycles. The fourth-order valence-electron chi connectivity index (χ4n) is 4.31. The Morgan fingerprint density at radius 3 is 2.33 bits per heavy atom. The van der Waals surface area contributed by atoms with E-state index in [9.17, 15) is 24.0 Å². The van der Waals surface area contributed by atoms with Gasteiger partial charge in [-0.25, -0.2) is 4.79 Å². The Morgan fingerprint density at radius 1 is 1.09 bits per heavy atom. The Morgan fingerprint density at radius 2 is 1.74 bits per heavy atom. The third-order valence-corrected chi connectivity index (χ3v) is 7.52. The molecule has 0 aliphatic carbocycles. The molecule has 13 heteroatoms. The zero-order valence-electron chi connectivity index (χ0n) is 25.8. The van der Waals surface area contributed by atoms with Crippen LogP contribution in [0.15, 0.2) is 45.8 Å². The Bertz CT molecular complexity index is 1390. The van der Waals surface area contributed by atoms with Crippen LogP contribution in [0.1, 0.15) is 59.6 Å². The number of nitrogens with one attached hydrogen (secondary N) is 3. The van der Waals surface area contributed by atoms with Gasteiger partial charge in [-0.15, -0.1) is 0 Å². The highest BCUT2D eigenvalue weighted by atomic mass is 79.9. The van der Waals surface area contributed by atoms with Gasteiger partial charge in [-0.2, -0.15) is 0 Å². The van der Waals surface area contributed by atoms with E-state index in [-0.39, 0.29) is 30.4 Å². The van der Waals surface area contributed by atoms with Crippen LogP contribution in [0.4, 0.5) is 10.5 Å². The number of hydrogen-bond donors (Lipinski definition) is 3. The first kappa shape index (κ1) is 35.8. The summed E-state index contributed by atoms with van der Waals surface area (Å²) in [5.41, 5.74) is -0.714. The molecule has 3 N–H and O–H groups in total. The fraction of sp³-hybridized carbons (Fsp3) is 0.500. The second-order valence-electron chi connectivity index (χ2n) is 11.6. The number of likely N-dealkylation sites (N-methyl/N-ethyl adjacent to an activating group) is 2. The number of hydrogen-bond acceptors (Lipinski definition) is 6. The molecular weight excluding hydrogens is 642 g/mol. The van der Waals surface area contributed by atoms with Crippen molar-refractivity contribution in [2.45, 2.75) is 78.1 Å². The fourth-order valence-corrected chi connectivity index (χ4v) is 4.92. The van der Waals surface area contributed by atoms with Gasteiger partial charge in [0.25, 0.3) is 5.56 Å². The van der Waals surface area contributed by atoms with E-state index in [1.54, 1.807) is 39.0 Å². The van der Waals surface area contributed by atoms with Gasteiger partial charge in [0.15, 0.2) is 0 Å². The van der Waals surface area contributed by atoms with Crippen molar-refractivity contribution in [2.24, 2.45) is 5.92 Å². The molecule has 0 aliphatic rings. The third-order valence-electron chi connectivity index (χ3n) is 6.51. The molecule has 0 fully saturated rings. The van der Waals surface area contributed by atoms with Crippen LogP contribution in [0.5, 0.6) is 0 Å². The van der Waals surface area contributed by atoms with Gasteiger partial charge < -0.3 is 24.8 Å². The number of halogens is 2. The summed E-state index contributed by atoms with van der Waals surface area (Å²) in [4.78, 5) is 66.8. The van der Waals surface area contributed by atoms with Crippen LogP contribution < -0.4 is 21.5 Å². The summed E-state index contributed by atoms with van der Waals surface area (Å²) in [7, 11) is 3.00. The largest absolute Gasteiger partial charge is 0.444 e. The van der Waals surface area contributed by atoms with E-state index in [2.05, 4.69) is 31.9 Å². The van der Waals surface area contributed by atoms with Crippen molar-refractivity contribution < 1.29 is 23.9 Å². The lowest BCUT2D eigenvalue weighted by atomic mass is 9.99. The average molecular weight is 683 g/mol. The molecule has 0 bridgehead atoms. The normalized spacial score (nSPS) is 13.5. The molecule has 0 saturated heterocycles. The first-order valence-electron chi connectivity index (χ1n) is 13.9. The van der Waals surface area contributed by atoms with Gasteiger partial charge in [0.05, 0.1) is 0 Å². The maximum atomic E-state index is 13.8. The van der Waals surface area contributed by atoms with Gasteiger partial charge in [-0.3, -0.25) is 24.5 Å². The molecule has 3 atom stereocenters. The standard InChI is InChI=1S/C30H41BrClN5O6/c1-17(2)14-23(27(40)36(8)24(26(39)33-7)16-19-15-20(32)11-12-21(19)31)34-25(38)18(3)37-13-9-10-22(28(37)41)35-29(42)43-30(4,5)6/h9-13,15,17-18,23-24H,14,16H2,1-8H3,(H,33,39)(H,34,38)(H,35,42)/t18?,23-,24-/m0/s1. The van der Waals surface area contributed by atoms with E-state index in [0.717, 1.165) is 14.6 Å². The Labute approximate surface area is 265 Å². The lowest BCUT2D eigenvalue weighted by molar-refractivity contribution is -0.142. The minimum atomic E-state index is -1.03. The third kappa shape index (κ3) is 10.4. The summed E-state index contributed by atoms with van der Waals surface area (Å²) in [6.07, 6.45) is 1.08. The van der Waals surface area contributed by atoms with Crippen molar-refractivity contribution in [3.05, 3.63) is 61.9 Å². The molecule has 43 heavy (non-hydrogen) atoms. The average Bonchev–Trinajstić information content (AvgIpc) is 2.91. The summed E-state index contributed by atoms with van der Waals surface area (Å²) in [6, 6.07) is 5.22. The molecule has 0 spiro atoms. The number of carbonyl (C=O) groups excluding carboxylic acids is 4. The summed E-state index contributed by atoms with van der Waals surface area (Å²) < 4.78 is 7.12. The Hall–Kier alpha value is -3.38. The van der Waals surface area contributed by atoms with Gasteiger partial charge in [-0.1, -0.05) is 41.4 Å². The maximum Gasteiger partial charge on any atom is 0.412 e. The van der Waals surface area contributed by atoms with Crippen molar-refractivity contribution in [1.82, 2.24) is 20.1 Å². The minimum absolute atomic E-state index is 0.0163. The van der Waals surface area contributed by atoms with Crippen LogP contribution in [0.2, 0.25) is 5.02 Å². The van der Waals surface area contributed by atoms with Crippen molar-refractivity contribution in [2.75, 3.05) is 19.4 Å². The number of aromatic nitrogens is 1. The first-order chi connectivity index (χ1) is 19.9. The summed E-state index contributed by atoms with van der Waals surface area (Å²) in [5, 5.41) is 8.29. The number of rotatable bonds is 11. The molecule has 1 aromatic carbocycles. The van der Waals surface area contributed by atoms with Gasteiger partial charge in [-0.05, 0) is 75.9 Å². The minimum Gasteiger partial charge on any atom is -0.444 e. The number of ether oxygens (including phenoxy) is 1.